The van der Waals surface area contributed by atoms with Crippen molar-refractivity contribution in [3.05, 3.63) is 54.1 Å². The fraction of sp³-hybridized carbons (Fsp3) is 0.368. The summed E-state index contributed by atoms with van der Waals surface area (Å²) in [7, 11) is 1.74. The van der Waals surface area contributed by atoms with Crippen molar-refractivity contribution in [2.24, 2.45) is 10.9 Å². The molecule has 4 rings (SSSR count). The number of hydrogen-bond acceptors (Lipinski definition) is 5. The molecule has 2 N–H and O–H groups in total. The Morgan fingerprint density at radius 3 is 2.96 bits per heavy atom. The zero-order chi connectivity index (χ0) is 18.5. The molecule has 1 saturated carbocycles. The summed E-state index contributed by atoms with van der Waals surface area (Å²) in [5, 5.41) is 14.9. The summed E-state index contributed by atoms with van der Waals surface area (Å²) >= 11 is 0. The molecule has 140 valence electrons. The second kappa shape index (κ2) is 8.03. The SMILES string of the molecule is CN=C(NCc1ccnc(OCC2CC2)c1)NCc1nnc2ccccn12. The largest absolute Gasteiger partial charge is 0.477 e. The fourth-order valence-electron chi connectivity index (χ4n) is 2.71. The van der Waals surface area contributed by atoms with E-state index in [1.54, 1.807) is 13.2 Å². The van der Waals surface area contributed by atoms with Crippen molar-refractivity contribution in [2.75, 3.05) is 13.7 Å². The molecule has 0 atom stereocenters. The van der Waals surface area contributed by atoms with Crippen molar-refractivity contribution in [1.82, 2.24) is 30.2 Å². The van der Waals surface area contributed by atoms with Crippen LogP contribution in [0.2, 0.25) is 0 Å². The highest BCUT2D eigenvalue weighted by molar-refractivity contribution is 5.79. The average molecular weight is 365 g/mol. The van der Waals surface area contributed by atoms with Crippen LogP contribution in [-0.2, 0) is 13.1 Å². The molecule has 0 spiro atoms. The molecule has 8 nitrogen and oxygen atoms in total. The fourth-order valence-corrected chi connectivity index (χ4v) is 2.71. The Kier molecular flexibility index (Phi) is 5.13. The van der Waals surface area contributed by atoms with Gasteiger partial charge in [-0.05, 0) is 42.5 Å². The summed E-state index contributed by atoms with van der Waals surface area (Å²) in [4.78, 5) is 8.53. The van der Waals surface area contributed by atoms with E-state index >= 15 is 0 Å². The molecule has 0 saturated heterocycles. The summed E-state index contributed by atoms with van der Waals surface area (Å²) in [6.45, 7) is 1.92. The van der Waals surface area contributed by atoms with Crippen LogP contribution in [0, 0.1) is 5.92 Å². The van der Waals surface area contributed by atoms with Crippen LogP contribution >= 0.6 is 0 Å². The third-order valence-corrected chi connectivity index (χ3v) is 4.44. The predicted octanol–water partition coefficient (Wildman–Crippen LogP) is 1.78. The van der Waals surface area contributed by atoms with Crippen LogP contribution in [0.25, 0.3) is 5.65 Å². The zero-order valence-corrected chi connectivity index (χ0v) is 15.3. The van der Waals surface area contributed by atoms with Gasteiger partial charge in [0.2, 0.25) is 5.88 Å². The Bertz CT molecular complexity index is 932. The van der Waals surface area contributed by atoms with Crippen molar-refractivity contribution >= 4 is 11.6 Å². The number of hydrogen-bond donors (Lipinski definition) is 2. The second-order valence-electron chi connectivity index (χ2n) is 6.58. The van der Waals surface area contributed by atoms with E-state index in [4.69, 9.17) is 4.74 Å². The van der Waals surface area contributed by atoms with Gasteiger partial charge in [-0.25, -0.2) is 4.98 Å². The highest BCUT2D eigenvalue weighted by atomic mass is 16.5. The molecule has 3 aromatic heterocycles. The van der Waals surface area contributed by atoms with Crippen molar-refractivity contribution in [1.29, 1.82) is 0 Å². The summed E-state index contributed by atoms with van der Waals surface area (Å²) in [5.41, 5.74) is 1.92. The number of nitrogens with one attached hydrogen (secondary N) is 2. The molecule has 0 aliphatic heterocycles. The number of pyridine rings is 2. The van der Waals surface area contributed by atoms with E-state index in [2.05, 4.69) is 30.8 Å². The number of guanidine groups is 1. The van der Waals surface area contributed by atoms with Crippen LogP contribution in [0.3, 0.4) is 0 Å². The van der Waals surface area contributed by atoms with Gasteiger partial charge in [0.05, 0.1) is 13.2 Å². The van der Waals surface area contributed by atoms with Gasteiger partial charge in [-0.3, -0.25) is 9.39 Å². The molecule has 8 heteroatoms. The molecular formula is C19H23N7O. The van der Waals surface area contributed by atoms with Gasteiger partial charge in [0, 0.05) is 32.1 Å². The topological polar surface area (TPSA) is 88.7 Å². The molecule has 1 aliphatic carbocycles. The van der Waals surface area contributed by atoms with Crippen LogP contribution in [0.5, 0.6) is 5.88 Å². The molecule has 0 aromatic carbocycles. The Morgan fingerprint density at radius 1 is 1.22 bits per heavy atom. The van der Waals surface area contributed by atoms with Crippen molar-refractivity contribution < 1.29 is 4.74 Å². The van der Waals surface area contributed by atoms with E-state index in [-0.39, 0.29) is 0 Å². The second-order valence-corrected chi connectivity index (χ2v) is 6.58. The lowest BCUT2D eigenvalue weighted by Crippen LogP contribution is -2.36. The van der Waals surface area contributed by atoms with Crippen molar-refractivity contribution in [3.63, 3.8) is 0 Å². The summed E-state index contributed by atoms with van der Waals surface area (Å²) < 4.78 is 7.69. The van der Waals surface area contributed by atoms with Crippen LogP contribution in [0.15, 0.2) is 47.7 Å². The monoisotopic (exact) mass is 365 g/mol. The highest BCUT2D eigenvalue weighted by Crippen LogP contribution is 2.29. The van der Waals surface area contributed by atoms with Gasteiger partial charge < -0.3 is 15.4 Å². The molecule has 0 amide bonds. The maximum Gasteiger partial charge on any atom is 0.213 e. The molecular weight excluding hydrogens is 342 g/mol. The first kappa shape index (κ1) is 17.3. The van der Waals surface area contributed by atoms with Crippen LogP contribution in [0.4, 0.5) is 0 Å². The van der Waals surface area contributed by atoms with E-state index in [1.165, 1.54) is 12.8 Å². The zero-order valence-electron chi connectivity index (χ0n) is 15.3. The molecule has 3 aromatic rings. The molecule has 0 unspecified atom stereocenters. The van der Waals surface area contributed by atoms with E-state index in [1.807, 2.05) is 40.9 Å². The van der Waals surface area contributed by atoms with E-state index in [0.717, 1.165) is 23.6 Å². The van der Waals surface area contributed by atoms with E-state index in [9.17, 15) is 0 Å². The van der Waals surface area contributed by atoms with Crippen LogP contribution in [-0.4, -0.2) is 39.2 Å². The van der Waals surface area contributed by atoms with Gasteiger partial charge in [0.1, 0.15) is 0 Å². The van der Waals surface area contributed by atoms with Crippen molar-refractivity contribution in [2.45, 2.75) is 25.9 Å². The molecule has 3 heterocycles. The van der Waals surface area contributed by atoms with Gasteiger partial charge in [0.25, 0.3) is 0 Å². The van der Waals surface area contributed by atoms with Gasteiger partial charge in [-0.15, -0.1) is 10.2 Å². The van der Waals surface area contributed by atoms with E-state index in [0.29, 0.717) is 30.8 Å². The molecule has 1 fully saturated rings. The summed E-state index contributed by atoms with van der Waals surface area (Å²) in [6.07, 6.45) is 6.26. The van der Waals surface area contributed by atoms with Gasteiger partial charge in [-0.1, -0.05) is 6.07 Å². The Balaban J connectivity index is 1.30. The van der Waals surface area contributed by atoms with E-state index < -0.39 is 0 Å². The number of rotatable bonds is 7. The normalized spacial score (nSPS) is 14.3. The van der Waals surface area contributed by atoms with Crippen LogP contribution in [0.1, 0.15) is 24.2 Å². The van der Waals surface area contributed by atoms with Gasteiger partial charge in [-0.2, -0.15) is 0 Å². The lowest BCUT2D eigenvalue weighted by molar-refractivity contribution is 0.288. The lowest BCUT2D eigenvalue weighted by atomic mass is 10.2. The average Bonchev–Trinajstić information content (AvgIpc) is 3.46. The Labute approximate surface area is 157 Å². The standard InChI is InChI=1S/C19H23N7O/c1-20-19(23-12-17-25-24-16-4-2-3-9-26(16)17)22-11-15-7-8-21-18(10-15)27-13-14-5-6-14/h2-4,7-10,14H,5-6,11-13H2,1H3,(H2,20,22,23). The Morgan fingerprint density at radius 2 is 2.11 bits per heavy atom. The van der Waals surface area contributed by atoms with Gasteiger partial charge in [0.15, 0.2) is 17.4 Å². The molecule has 0 bridgehead atoms. The first-order valence-corrected chi connectivity index (χ1v) is 9.13. The minimum Gasteiger partial charge on any atom is -0.477 e. The Hall–Kier alpha value is -3.16. The molecule has 1 aliphatic rings. The van der Waals surface area contributed by atoms with Gasteiger partial charge >= 0.3 is 0 Å². The molecule has 27 heavy (non-hydrogen) atoms. The third-order valence-electron chi connectivity index (χ3n) is 4.44. The number of ether oxygens (including phenoxy) is 1. The predicted molar refractivity (Wildman–Crippen MR) is 102 cm³/mol. The smallest absolute Gasteiger partial charge is 0.213 e. The maximum absolute atomic E-state index is 5.74. The first-order valence-electron chi connectivity index (χ1n) is 9.13. The summed E-state index contributed by atoms with van der Waals surface area (Å²) in [5.74, 6) is 2.91. The van der Waals surface area contributed by atoms with Crippen LogP contribution < -0.4 is 15.4 Å². The number of aromatic nitrogens is 4. The van der Waals surface area contributed by atoms with Crippen molar-refractivity contribution in [3.8, 4) is 5.88 Å². The summed E-state index contributed by atoms with van der Waals surface area (Å²) in [6, 6.07) is 9.76. The number of aliphatic imine (C=N–C) groups is 1. The number of fused-ring (bicyclic) bond motifs is 1. The first-order chi connectivity index (χ1) is 13.3. The maximum atomic E-state index is 5.74. The highest BCUT2D eigenvalue weighted by Gasteiger charge is 2.22. The minimum atomic E-state index is 0.525. The lowest BCUT2D eigenvalue weighted by Gasteiger charge is -2.12. The number of nitrogens with zero attached hydrogens (tertiary/aromatic N) is 5. The third kappa shape index (κ3) is 4.52. The minimum absolute atomic E-state index is 0.525. The molecule has 0 radical (unpaired) electrons. The quantitative estimate of drug-likeness (QED) is 0.490.